The molecule has 1 aliphatic heterocycles. The summed E-state index contributed by atoms with van der Waals surface area (Å²) in [5.74, 6) is -3.54. The van der Waals surface area contributed by atoms with E-state index in [2.05, 4.69) is 0 Å². The minimum absolute atomic E-state index is 0.0308. The Labute approximate surface area is 223 Å². The second-order valence-corrected chi connectivity index (χ2v) is 10.1. The number of rotatable bonds is 5. The first-order chi connectivity index (χ1) is 18.4. The molecule has 12 nitrogen and oxygen atoms in total. The van der Waals surface area contributed by atoms with Gasteiger partial charge >= 0.3 is 0 Å². The molecule has 0 radical (unpaired) electrons. The molecule has 0 bridgehead atoms. The van der Waals surface area contributed by atoms with Crippen LogP contribution in [-0.2, 0) is 14.3 Å². The van der Waals surface area contributed by atoms with Crippen molar-refractivity contribution < 1.29 is 54.1 Å². The molecule has 0 spiro atoms. The fourth-order valence-corrected chi connectivity index (χ4v) is 5.37. The van der Waals surface area contributed by atoms with Crippen LogP contribution in [0.3, 0.4) is 0 Å². The van der Waals surface area contributed by atoms with Crippen LogP contribution in [0, 0.1) is 0 Å². The van der Waals surface area contributed by atoms with Crippen LogP contribution in [0.4, 0.5) is 0 Å². The van der Waals surface area contributed by atoms with E-state index < -0.39 is 109 Å². The fraction of sp³-hybridized carbons (Fsp3) is 0.519. The van der Waals surface area contributed by atoms with Crippen LogP contribution in [0.25, 0.3) is 10.8 Å². The molecule has 0 saturated carbocycles. The van der Waals surface area contributed by atoms with E-state index in [0.29, 0.717) is 0 Å². The number of ketones is 3. The van der Waals surface area contributed by atoms with E-state index in [-0.39, 0.29) is 22.9 Å². The lowest BCUT2D eigenvalue weighted by atomic mass is 9.80. The molecule has 2 aromatic carbocycles. The number of fused-ring (bicyclic) bond motifs is 2. The summed E-state index contributed by atoms with van der Waals surface area (Å²) >= 11 is 0. The highest BCUT2D eigenvalue weighted by molar-refractivity contribution is 6.19. The molecule has 1 heterocycles. The third-order valence-corrected chi connectivity index (χ3v) is 7.52. The number of hydrogen-bond acceptors (Lipinski definition) is 12. The first-order valence-corrected chi connectivity index (χ1v) is 12.6. The lowest BCUT2D eigenvalue weighted by molar-refractivity contribution is -0.243. The summed E-state index contributed by atoms with van der Waals surface area (Å²) in [5, 5.41) is 53.3. The number of aromatic hydroxyl groups is 2. The number of phenols is 2. The second-order valence-electron chi connectivity index (χ2n) is 10.1. The van der Waals surface area contributed by atoms with Gasteiger partial charge in [-0.1, -0.05) is 12.1 Å². The summed E-state index contributed by atoms with van der Waals surface area (Å²) in [6.07, 6.45) is -5.78. The van der Waals surface area contributed by atoms with E-state index in [9.17, 15) is 39.9 Å². The molecule has 12 heteroatoms. The van der Waals surface area contributed by atoms with Crippen molar-refractivity contribution in [1.82, 2.24) is 0 Å². The fourth-order valence-electron chi connectivity index (χ4n) is 5.37. The molecular formula is C27H33NO11. The smallest absolute Gasteiger partial charge is 0.189 e. The maximum absolute atomic E-state index is 13.7. The zero-order valence-electron chi connectivity index (χ0n) is 21.6. The third-order valence-electron chi connectivity index (χ3n) is 7.52. The Balaban J connectivity index is 1.83. The highest BCUT2D eigenvalue weighted by Gasteiger charge is 2.43. The normalized spacial score (nSPS) is 30.2. The Morgan fingerprint density at radius 1 is 1.18 bits per heavy atom. The molecule has 0 unspecified atom stereocenters. The lowest BCUT2D eigenvalue weighted by Crippen LogP contribution is -2.53. The second kappa shape index (κ2) is 11.2. The predicted octanol–water partition coefficient (Wildman–Crippen LogP) is 0.700. The maximum atomic E-state index is 13.7. The molecule has 39 heavy (non-hydrogen) atoms. The van der Waals surface area contributed by atoms with E-state index in [4.69, 9.17) is 19.9 Å². The van der Waals surface area contributed by atoms with E-state index in [1.54, 1.807) is 6.92 Å². The van der Waals surface area contributed by atoms with Gasteiger partial charge in [0.15, 0.2) is 23.6 Å². The van der Waals surface area contributed by atoms with Crippen molar-refractivity contribution in [2.24, 2.45) is 5.73 Å². The molecule has 1 saturated heterocycles. The Kier molecular flexibility index (Phi) is 8.26. The van der Waals surface area contributed by atoms with Gasteiger partial charge in [-0.3, -0.25) is 14.4 Å². The highest BCUT2D eigenvalue weighted by atomic mass is 16.7. The van der Waals surface area contributed by atoms with Gasteiger partial charge in [0.25, 0.3) is 0 Å². The average Bonchev–Trinajstić information content (AvgIpc) is 2.90. The maximum Gasteiger partial charge on any atom is 0.189 e. The molecule has 4 rings (SSSR count). The zero-order valence-corrected chi connectivity index (χ0v) is 21.6. The number of benzene rings is 2. The average molecular weight is 548 g/mol. The SMILES string of the molecule is COc1cccc2c(O)c3c(c(O)c12)C(=O)C[C@@H](O[C@H]1C[C@H](N)[C@H](O)[C@H](C)O1)C[C@](O)(C(=O)CO)CCC3=O. The van der Waals surface area contributed by atoms with Crippen LogP contribution in [0.2, 0.25) is 0 Å². The molecular weight excluding hydrogens is 514 g/mol. The number of carbonyl (C=O) groups excluding carboxylic acids is 3. The molecule has 0 aromatic heterocycles. The zero-order chi connectivity index (χ0) is 28.6. The number of aliphatic hydroxyl groups is 3. The highest BCUT2D eigenvalue weighted by Crippen LogP contribution is 2.45. The number of ether oxygens (including phenoxy) is 3. The number of Topliss-reactive ketones (excluding diaryl/α,β-unsaturated/α-hetero) is 3. The Morgan fingerprint density at radius 2 is 1.87 bits per heavy atom. The quantitative estimate of drug-likeness (QED) is 0.286. The molecule has 7 N–H and O–H groups in total. The summed E-state index contributed by atoms with van der Waals surface area (Å²) < 4.78 is 16.9. The standard InChI is InChI=1S/C27H33NO11/c1-12-24(33)15(28)9-20(38-12)39-13-8-17(31)23-22(16(30)6-7-27(36,10-13)19(32)11-29)25(34)14-4-3-5-18(37-2)21(14)26(23)35/h3-5,12-13,15,20,24,29,33-36H,6-11,28H2,1-2H3/t12-,13+,15-,20-,24+,27-/m0/s1. The largest absolute Gasteiger partial charge is 0.507 e. The summed E-state index contributed by atoms with van der Waals surface area (Å²) in [7, 11) is 1.35. The molecule has 6 atom stereocenters. The summed E-state index contributed by atoms with van der Waals surface area (Å²) in [4.78, 5) is 39.6. The van der Waals surface area contributed by atoms with Gasteiger partial charge in [-0.05, 0) is 19.4 Å². The van der Waals surface area contributed by atoms with Crippen LogP contribution < -0.4 is 10.5 Å². The summed E-state index contributed by atoms with van der Waals surface area (Å²) in [6.45, 7) is 0.567. The topological polar surface area (TPSA) is 206 Å². The van der Waals surface area contributed by atoms with Crippen LogP contribution in [-0.4, -0.2) is 92.8 Å². The van der Waals surface area contributed by atoms with E-state index in [0.717, 1.165) is 0 Å². The number of nitrogens with two attached hydrogens (primary N) is 1. The van der Waals surface area contributed by atoms with Gasteiger partial charge in [0.05, 0.1) is 41.9 Å². The number of hydrogen-bond donors (Lipinski definition) is 6. The minimum atomic E-state index is -2.24. The molecule has 0 amide bonds. The van der Waals surface area contributed by atoms with Gasteiger partial charge < -0.3 is 45.5 Å². The van der Waals surface area contributed by atoms with Crippen molar-refractivity contribution in [2.75, 3.05) is 13.7 Å². The molecule has 212 valence electrons. The van der Waals surface area contributed by atoms with Crippen LogP contribution in [0.1, 0.15) is 59.7 Å². The van der Waals surface area contributed by atoms with Crippen molar-refractivity contribution in [3.8, 4) is 17.2 Å². The monoisotopic (exact) mass is 547 g/mol. The van der Waals surface area contributed by atoms with Crippen molar-refractivity contribution in [3.63, 3.8) is 0 Å². The van der Waals surface area contributed by atoms with Gasteiger partial charge in [-0.2, -0.15) is 0 Å². The molecule has 2 aliphatic rings. The Morgan fingerprint density at radius 3 is 2.51 bits per heavy atom. The Bertz CT molecular complexity index is 1280. The van der Waals surface area contributed by atoms with Gasteiger partial charge in [-0.25, -0.2) is 0 Å². The van der Waals surface area contributed by atoms with E-state index in [1.807, 2.05) is 0 Å². The molecule has 1 aliphatic carbocycles. The van der Waals surface area contributed by atoms with Gasteiger partial charge in [0.2, 0.25) is 0 Å². The van der Waals surface area contributed by atoms with Gasteiger partial charge in [0.1, 0.15) is 29.5 Å². The van der Waals surface area contributed by atoms with Gasteiger partial charge in [0, 0.05) is 37.1 Å². The van der Waals surface area contributed by atoms with Crippen molar-refractivity contribution in [3.05, 3.63) is 29.3 Å². The minimum Gasteiger partial charge on any atom is -0.507 e. The third kappa shape index (κ3) is 5.36. The van der Waals surface area contributed by atoms with Crippen molar-refractivity contribution >= 4 is 28.1 Å². The van der Waals surface area contributed by atoms with Crippen LogP contribution in [0.15, 0.2) is 18.2 Å². The van der Waals surface area contributed by atoms with E-state index >= 15 is 0 Å². The van der Waals surface area contributed by atoms with Crippen LogP contribution in [0.5, 0.6) is 17.2 Å². The summed E-state index contributed by atoms with van der Waals surface area (Å²) in [5.41, 5.74) is 2.85. The lowest BCUT2D eigenvalue weighted by Gasteiger charge is -2.39. The van der Waals surface area contributed by atoms with Gasteiger partial charge in [-0.15, -0.1) is 0 Å². The predicted molar refractivity (Wildman–Crippen MR) is 136 cm³/mol. The number of aliphatic hydroxyl groups excluding tert-OH is 2. The van der Waals surface area contributed by atoms with Crippen molar-refractivity contribution in [2.45, 2.75) is 75.3 Å². The van der Waals surface area contributed by atoms with Crippen LogP contribution >= 0.6 is 0 Å². The first kappa shape index (κ1) is 28.9. The summed E-state index contributed by atoms with van der Waals surface area (Å²) in [6, 6.07) is 3.80. The number of carbonyl (C=O) groups is 3. The first-order valence-electron chi connectivity index (χ1n) is 12.6. The number of phenolic OH excluding ortho intramolecular Hbond substituents is 2. The molecule has 1 fully saturated rings. The molecule has 2 aromatic rings. The Hall–Kier alpha value is -3.13. The van der Waals surface area contributed by atoms with Crippen molar-refractivity contribution in [1.29, 1.82) is 0 Å². The number of methoxy groups -OCH3 is 1. The van der Waals surface area contributed by atoms with E-state index in [1.165, 1.54) is 25.3 Å².